The average molecular weight is 270 g/mol. The zero-order valence-corrected chi connectivity index (χ0v) is 12.1. The summed E-state index contributed by atoms with van der Waals surface area (Å²) in [4.78, 5) is 8.82. The Labute approximate surface area is 113 Å². The molecule has 0 bridgehead atoms. The van der Waals surface area contributed by atoms with Crippen molar-refractivity contribution in [3.8, 4) is 0 Å². The van der Waals surface area contributed by atoms with Gasteiger partial charge in [0.2, 0.25) is 0 Å². The van der Waals surface area contributed by atoms with Gasteiger partial charge in [0, 0.05) is 32.0 Å². The van der Waals surface area contributed by atoms with E-state index in [0.29, 0.717) is 13.2 Å². The fraction of sp³-hybridized carbons (Fsp3) is 0.667. The minimum absolute atomic E-state index is 0.641. The fourth-order valence-corrected chi connectivity index (χ4v) is 2.07. The van der Waals surface area contributed by atoms with Crippen LogP contribution >= 0.6 is 11.3 Å². The van der Waals surface area contributed by atoms with Crippen molar-refractivity contribution in [1.82, 2.24) is 15.6 Å². The van der Waals surface area contributed by atoms with Crippen LogP contribution in [0.3, 0.4) is 0 Å². The third-order valence-electron chi connectivity index (χ3n) is 2.25. The summed E-state index contributed by atoms with van der Waals surface area (Å²) in [6.07, 6.45) is 0.916. The number of thiazole rings is 1. The lowest BCUT2D eigenvalue weighted by Crippen LogP contribution is -2.38. The molecule has 0 spiro atoms. The molecule has 1 heterocycles. The van der Waals surface area contributed by atoms with Crippen LogP contribution < -0.4 is 10.6 Å². The summed E-state index contributed by atoms with van der Waals surface area (Å²) in [7, 11) is 1.68. The van der Waals surface area contributed by atoms with Crippen molar-refractivity contribution in [1.29, 1.82) is 0 Å². The van der Waals surface area contributed by atoms with Gasteiger partial charge >= 0.3 is 0 Å². The van der Waals surface area contributed by atoms with Gasteiger partial charge in [-0.05, 0) is 13.8 Å². The number of hydrogen-bond donors (Lipinski definition) is 2. The highest BCUT2D eigenvalue weighted by Crippen LogP contribution is 2.07. The number of nitrogens with zero attached hydrogens (tertiary/aromatic N) is 2. The quantitative estimate of drug-likeness (QED) is 0.444. The van der Waals surface area contributed by atoms with Crippen molar-refractivity contribution in [2.24, 2.45) is 4.99 Å². The Hall–Kier alpha value is -1.14. The maximum atomic E-state index is 4.98. The van der Waals surface area contributed by atoms with Gasteiger partial charge in [0.25, 0.3) is 0 Å². The minimum atomic E-state index is 0.641. The second-order valence-corrected chi connectivity index (χ2v) is 4.85. The lowest BCUT2D eigenvalue weighted by molar-refractivity contribution is 0.208. The van der Waals surface area contributed by atoms with Gasteiger partial charge in [0.1, 0.15) is 0 Å². The summed E-state index contributed by atoms with van der Waals surface area (Å²) < 4.78 is 4.98. The second-order valence-electron chi connectivity index (χ2n) is 3.79. The average Bonchev–Trinajstić information content (AvgIpc) is 2.75. The van der Waals surface area contributed by atoms with Crippen LogP contribution in [0.5, 0.6) is 0 Å². The smallest absolute Gasteiger partial charge is 0.191 e. The highest BCUT2D eigenvalue weighted by atomic mass is 32.1. The van der Waals surface area contributed by atoms with Crippen LogP contribution in [-0.2, 0) is 11.2 Å². The molecule has 0 aliphatic heterocycles. The number of aryl methyl sites for hydroxylation is 1. The molecule has 102 valence electrons. The Kier molecular flexibility index (Phi) is 7.36. The molecule has 2 N–H and O–H groups in total. The zero-order valence-electron chi connectivity index (χ0n) is 11.3. The molecule has 6 heteroatoms. The standard InChI is InChI=1S/C12H22N4OS/c1-4-13-12(15-7-8-17-3)14-6-5-11-9-18-10(2)16-11/h9H,4-8H2,1-3H3,(H2,13,14,15). The first-order valence-electron chi connectivity index (χ1n) is 6.18. The SMILES string of the molecule is CCNC(=NCCOC)NCCc1csc(C)n1. The van der Waals surface area contributed by atoms with Gasteiger partial charge in [0.15, 0.2) is 5.96 Å². The monoisotopic (exact) mass is 270 g/mol. The number of ether oxygens (including phenoxy) is 1. The van der Waals surface area contributed by atoms with Gasteiger partial charge in [-0.25, -0.2) is 4.98 Å². The molecule has 0 aliphatic carbocycles. The topological polar surface area (TPSA) is 58.5 Å². The molecule has 0 amide bonds. The Morgan fingerprint density at radius 1 is 1.50 bits per heavy atom. The van der Waals surface area contributed by atoms with Crippen molar-refractivity contribution in [3.05, 3.63) is 16.1 Å². The summed E-state index contributed by atoms with van der Waals surface area (Å²) in [5, 5.41) is 9.70. The van der Waals surface area contributed by atoms with Crippen molar-refractivity contribution >= 4 is 17.3 Å². The predicted molar refractivity (Wildman–Crippen MR) is 76.4 cm³/mol. The Balaban J connectivity index is 2.30. The summed E-state index contributed by atoms with van der Waals surface area (Å²) in [6.45, 7) is 7.08. The van der Waals surface area contributed by atoms with Gasteiger partial charge in [-0.1, -0.05) is 0 Å². The molecule has 0 radical (unpaired) electrons. The molecule has 1 rings (SSSR count). The number of aromatic nitrogens is 1. The van der Waals surface area contributed by atoms with Crippen LogP contribution in [-0.4, -0.2) is 44.3 Å². The van der Waals surface area contributed by atoms with Crippen molar-refractivity contribution < 1.29 is 4.74 Å². The summed E-state index contributed by atoms with van der Waals surface area (Å²) in [6, 6.07) is 0. The van der Waals surface area contributed by atoms with Crippen molar-refractivity contribution in [3.63, 3.8) is 0 Å². The molecule has 0 saturated carbocycles. The number of hydrogen-bond acceptors (Lipinski definition) is 4. The summed E-state index contributed by atoms with van der Waals surface area (Å²) >= 11 is 1.69. The Bertz CT molecular complexity index is 365. The van der Waals surface area contributed by atoms with Crippen molar-refractivity contribution in [2.45, 2.75) is 20.3 Å². The first-order chi connectivity index (χ1) is 8.76. The first kappa shape index (κ1) is 14.9. The van der Waals surface area contributed by atoms with E-state index in [1.54, 1.807) is 18.4 Å². The molecule has 1 aromatic rings. The first-order valence-corrected chi connectivity index (χ1v) is 7.06. The zero-order chi connectivity index (χ0) is 13.2. The Morgan fingerprint density at radius 3 is 2.94 bits per heavy atom. The van der Waals surface area contributed by atoms with Crippen LogP contribution in [0, 0.1) is 6.92 Å². The molecule has 0 saturated heterocycles. The lowest BCUT2D eigenvalue weighted by atomic mass is 10.3. The minimum Gasteiger partial charge on any atom is -0.383 e. The molecule has 0 atom stereocenters. The second kappa shape index (κ2) is 8.88. The maximum absolute atomic E-state index is 4.98. The van der Waals surface area contributed by atoms with Crippen LogP contribution in [0.4, 0.5) is 0 Å². The number of guanidine groups is 1. The third kappa shape index (κ3) is 5.97. The van der Waals surface area contributed by atoms with Crippen LogP contribution in [0.1, 0.15) is 17.6 Å². The van der Waals surface area contributed by atoms with E-state index in [9.17, 15) is 0 Å². The van der Waals surface area contributed by atoms with E-state index in [1.807, 2.05) is 6.92 Å². The van der Waals surface area contributed by atoms with E-state index in [4.69, 9.17) is 4.74 Å². The number of aliphatic imine (C=N–C) groups is 1. The normalized spacial score (nSPS) is 11.6. The molecule has 0 fully saturated rings. The van der Waals surface area contributed by atoms with Crippen LogP contribution in [0.15, 0.2) is 10.4 Å². The van der Waals surface area contributed by atoms with Gasteiger partial charge in [0.05, 0.1) is 23.9 Å². The van der Waals surface area contributed by atoms with Gasteiger partial charge in [-0.15, -0.1) is 11.3 Å². The van der Waals surface area contributed by atoms with E-state index in [0.717, 1.165) is 36.2 Å². The van der Waals surface area contributed by atoms with E-state index in [-0.39, 0.29) is 0 Å². The van der Waals surface area contributed by atoms with Crippen molar-refractivity contribution in [2.75, 3.05) is 33.4 Å². The summed E-state index contributed by atoms with van der Waals surface area (Å²) in [5.41, 5.74) is 1.14. The molecule has 18 heavy (non-hydrogen) atoms. The third-order valence-corrected chi connectivity index (χ3v) is 3.07. The van der Waals surface area contributed by atoms with E-state index < -0.39 is 0 Å². The molecular formula is C12H22N4OS. The molecule has 0 unspecified atom stereocenters. The van der Waals surface area contributed by atoms with Gasteiger partial charge < -0.3 is 15.4 Å². The fourth-order valence-electron chi connectivity index (χ4n) is 1.42. The highest BCUT2D eigenvalue weighted by molar-refractivity contribution is 7.09. The van der Waals surface area contributed by atoms with Gasteiger partial charge in [-0.2, -0.15) is 0 Å². The highest BCUT2D eigenvalue weighted by Gasteiger charge is 2.00. The largest absolute Gasteiger partial charge is 0.383 e. The molecule has 1 aromatic heterocycles. The predicted octanol–water partition coefficient (Wildman–Crippen LogP) is 1.20. The van der Waals surface area contributed by atoms with E-state index in [1.165, 1.54) is 0 Å². The van der Waals surface area contributed by atoms with E-state index >= 15 is 0 Å². The number of methoxy groups -OCH3 is 1. The maximum Gasteiger partial charge on any atom is 0.191 e. The number of rotatable bonds is 7. The van der Waals surface area contributed by atoms with Crippen LogP contribution in [0.25, 0.3) is 0 Å². The number of nitrogens with one attached hydrogen (secondary N) is 2. The van der Waals surface area contributed by atoms with Gasteiger partial charge in [-0.3, -0.25) is 4.99 Å². The Morgan fingerprint density at radius 2 is 2.33 bits per heavy atom. The molecule has 0 aromatic carbocycles. The van der Waals surface area contributed by atoms with E-state index in [2.05, 4.69) is 32.9 Å². The summed E-state index contributed by atoms with van der Waals surface area (Å²) in [5.74, 6) is 0.835. The molecular weight excluding hydrogens is 248 g/mol. The lowest BCUT2D eigenvalue weighted by Gasteiger charge is -2.10. The van der Waals surface area contributed by atoms with Crippen LogP contribution in [0.2, 0.25) is 0 Å². The molecule has 5 nitrogen and oxygen atoms in total. The molecule has 0 aliphatic rings.